The minimum atomic E-state index is -0.469. The number of ether oxygens (including phenoxy) is 3. The molecule has 1 saturated heterocycles. The molecule has 1 unspecified atom stereocenters. The molecule has 108 valence electrons. The van der Waals surface area contributed by atoms with Crippen LogP contribution in [0.15, 0.2) is 12.1 Å². The van der Waals surface area contributed by atoms with Crippen LogP contribution >= 0.6 is 0 Å². The molecule has 1 fully saturated rings. The third kappa shape index (κ3) is 2.51. The first-order valence-electron chi connectivity index (χ1n) is 6.85. The van der Waals surface area contributed by atoms with Gasteiger partial charge in [0.25, 0.3) is 5.91 Å². The number of hydrogen-bond donors (Lipinski definition) is 2. The molecule has 2 aliphatic rings. The summed E-state index contributed by atoms with van der Waals surface area (Å²) in [6, 6.07) is 3.56. The Bertz CT molecular complexity index is 518. The summed E-state index contributed by atoms with van der Waals surface area (Å²) >= 11 is 0. The van der Waals surface area contributed by atoms with E-state index in [4.69, 9.17) is 19.9 Å². The van der Waals surface area contributed by atoms with Crippen molar-refractivity contribution in [1.29, 1.82) is 0 Å². The topological polar surface area (TPSA) is 82.8 Å². The second kappa shape index (κ2) is 5.58. The van der Waals surface area contributed by atoms with E-state index < -0.39 is 6.10 Å². The fourth-order valence-corrected chi connectivity index (χ4v) is 2.41. The molecule has 1 aromatic rings. The molecule has 0 saturated carbocycles. The van der Waals surface area contributed by atoms with Crippen LogP contribution in [0.3, 0.4) is 0 Å². The highest BCUT2D eigenvalue weighted by molar-refractivity contribution is 5.81. The largest absolute Gasteiger partial charge is 0.480 e. The van der Waals surface area contributed by atoms with E-state index in [-0.39, 0.29) is 12.7 Å². The van der Waals surface area contributed by atoms with Gasteiger partial charge in [0.2, 0.25) is 6.79 Å². The normalized spacial score (nSPS) is 21.2. The van der Waals surface area contributed by atoms with Gasteiger partial charge in [-0.3, -0.25) is 4.79 Å². The van der Waals surface area contributed by atoms with Gasteiger partial charge in [0.1, 0.15) is 5.75 Å². The number of fused-ring (bicyclic) bond motifs is 1. The lowest BCUT2D eigenvalue weighted by atomic mass is 10.1. The number of nitrogens with two attached hydrogens (primary N) is 1. The van der Waals surface area contributed by atoms with Gasteiger partial charge in [-0.15, -0.1) is 0 Å². The summed E-state index contributed by atoms with van der Waals surface area (Å²) < 4.78 is 16.5. The van der Waals surface area contributed by atoms with Crippen molar-refractivity contribution in [3.8, 4) is 17.2 Å². The van der Waals surface area contributed by atoms with Gasteiger partial charge in [0.05, 0.1) is 0 Å². The van der Waals surface area contributed by atoms with Crippen LogP contribution < -0.4 is 25.3 Å². The Kier molecular flexibility index (Phi) is 3.64. The first kappa shape index (κ1) is 13.1. The molecule has 0 bridgehead atoms. The molecule has 6 nitrogen and oxygen atoms in total. The summed E-state index contributed by atoms with van der Waals surface area (Å²) in [6.45, 7) is 1.23. The molecule has 2 heterocycles. The number of amides is 1. The average molecular weight is 278 g/mol. The number of carbonyl (C=O) groups excluding carboxylic acids is 1. The van der Waals surface area contributed by atoms with Crippen LogP contribution in [-0.2, 0) is 11.3 Å². The molecule has 1 aromatic carbocycles. The first-order valence-corrected chi connectivity index (χ1v) is 6.85. The summed E-state index contributed by atoms with van der Waals surface area (Å²) in [5.41, 5.74) is 6.55. The Labute approximate surface area is 117 Å². The monoisotopic (exact) mass is 278 g/mol. The quantitative estimate of drug-likeness (QED) is 0.859. The van der Waals surface area contributed by atoms with Crippen molar-refractivity contribution in [3.05, 3.63) is 17.7 Å². The number of rotatable bonds is 3. The van der Waals surface area contributed by atoms with Gasteiger partial charge in [-0.2, -0.15) is 0 Å². The van der Waals surface area contributed by atoms with E-state index in [0.717, 1.165) is 18.4 Å². The smallest absolute Gasteiger partial charge is 0.261 e. The molecular formula is C14H18N2O4. The SMILES string of the molecule is NCc1cc2c(cc1OC1CCCCNC1=O)OCO2. The molecule has 2 aliphatic heterocycles. The van der Waals surface area contributed by atoms with E-state index in [9.17, 15) is 4.79 Å². The molecule has 6 heteroatoms. The van der Waals surface area contributed by atoms with Crippen LogP contribution in [0.5, 0.6) is 17.2 Å². The van der Waals surface area contributed by atoms with E-state index in [2.05, 4.69) is 5.32 Å². The van der Waals surface area contributed by atoms with Crippen LogP contribution in [0.1, 0.15) is 24.8 Å². The highest BCUT2D eigenvalue weighted by Gasteiger charge is 2.25. The van der Waals surface area contributed by atoms with Crippen molar-refractivity contribution in [3.63, 3.8) is 0 Å². The van der Waals surface area contributed by atoms with E-state index in [1.165, 1.54) is 0 Å². The Hall–Kier alpha value is -1.95. The number of benzene rings is 1. The predicted octanol–water partition coefficient (Wildman–Crippen LogP) is 0.921. The summed E-state index contributed by atoms with van der Waals surface area (Å²) in [5.74, 6) is 1.83. The summed E-state index contributed by atoms with van der Waals surface area (Å²) in [7, 11) is 0. The Morgan fingerprint density at radius 2 is 2.10 bits per heavy atom. The third-order valence-corrected chi connectivity index (χ3v) is 3.53. The lowest BCUT2D eigenvalue weighted by Crippen LogP contribution is -2.36. The minimum absolute atomic E-state index is 0.0665. The van der Waals surface area contributed by atoms with Crippen molar-refractivity contribution in [2.24, 2.45) is 5.73 Å². The number of carbonyl (C=O) groups is 1. The number of nitrogens with one attached hydrogen (secondary N) is 1. The standard InChI is InChI=1S/C14H18N2O4/c15-7-9-5-12-13(19-8-18-12)6-11(9)20-10-3-1-2-4-16-14(10)17/h5-6,10H,1-4,7-8,15H2,(H,16,17). The highest BCUT2D eigenvalue weighted by atomic mass is 16.7. The molecular weight excluding hydrogens is 260 g/mol. The lowest BCUT2D eigenvalue weighted by Gasteiger charge is -2.18. The summed E-state index contributed by atoms with van der Waals surface area (Å²) in [6.07, 6.45) is 2.19. The first-order chi connectivity index (χ1) is 9.78. The Balaban J connectivity index is 1.84. The van der Waals surface area contributed by atoms with Crippen molar-refractivity contribution in [1.82, 2.24) is 5.32 Å². The van der Waals surface area contributed by atoms with Crippen molar-refractivity contribution >= 4 is 5.91 Å². The van der Waals surface area contributed by atoms with E-state index >= 15 is 0 Å². The zero-order valence-electron chi connectivity index (χ0n) is 11.2. The van der Waals surface area contributed by atoms with Gasteiger partial charge in [0.15, 0.2) is 17.6 Å². The van der Waals surface area contributed by atoms with Crippen molar-refractivity contribution in [2.45, 2.75) is 31.9 Å². The molecule has 0 aliphatic carbocycles. The predicted molar refractivity (Wildman–Crippen MR) is 71.7 cm³/mol. The van der Waals surface area contributed by atoms with Crippen LogP contribution in [0.25, 0.3) is 0 Å². The second-order valence-corrected chi connectivity index (χ2v) is 4.91. The van der Waals surface area contributed by atoms with Gasteiger partial charge in [-0.25, -0.2) is 0 Å². The van der Waals surface area contributed by atoms with E-state index in [1.807, 2.05) is 6.07 Å². The molecule has 3 N–H and O–H groups in total. The second-order valence-electron chi connectivity index (χ2n) is 4.91. The maximum Gasteiger partial charge on any atom is 0.261 e. The fraction of sp³-hybridized carbons (Fsp3) is 0.500. The van der Waals surface area contributed by atoms with Gasteiger partial charge >= 0.3 is 0 Å². The minimum Gasteiger partial charge on any atom is -0.480 e. The van der Waals surface area contributed by atoms with Crippen molar-refractivity contribution < 1.29 is 19.0 Å². The van der Waals surface area contributed by atoms with Gasteiger partial charge in [0, 0.05) is 24.7 Å². The Morgan fingerprint density at radius 1 is 1.30 bits per heavy atom. The summed E-state index contributed by atoms with van der Waals surface area (Å²) in [4.78, 5) is 11.9. The molecule has 20 heavy (non-hydrogen) atoms. The van der Waals surface area contributed by atoms with E-state index in [1.54, 1.807) is 6.07 Å². The maximum atomic E-state index is 11.9. The zero-order chi connectivity index (χ0) is 13.9. The van der Waals surface area contributed by atoms with Crippen LogP contribution in [0.4, 0.5) is 0 Å². The van der Waals surface area contributed by atoms with Crippen molar-refractivity contribution in [2.75, 3.05) is 13.3 Å². The third-order valence-electron chi connectivity index (χ3n) is 3.53. The fourth-order valence-electron chi connectivity index (χ4n) is 2.41. The van der Waals surface area contributed by atoms with Gasteiger partial charge in [-0.05, 0) is 25.3 Å². The summed E-state index contributed by atoms with van der Waals surface area (Å²) in [5, 5.41) is 2.85. The van der Waals surface area contributed by atoms with Crippen LogP contribution in [0, 0.1) is 0 Å². The average Bonchev–Trinajstić information content (AvgIpc) is 2.82. The zero-order valence-corrected chi connectivity index (χ0v) is 11.2. The molecule has 0 radical (unpaired) electrons. The Morgan fingerprint density at radius 3 is 2.90 bits per heavy atom. The van der Waals surface area contributed by atoms with Crippen LogP contribution in [0.2, 0.25) is 0 Å². The molecule has 3 rings (SSSR count). The molecule has 0 aromatic heterocycles. The van der Waals surface area contributed by atoms with Gasteiger partial charge < -0.3 is 25.3 Å². The molecule has 1 atom stereocenters. The lowest BCUT2D eigenvalue weighted by molar-refractivity contribution is -0.127. The number of hydrogen-bond acceptors (Lipinski definition) is 5. The van der Waals surface area contributed by atoms with Crippen LogP contribution in [-0.4, -0.2) is 25.3 Å². The molecule has 1 amide bonds. The highest BCUT2D eigenvalue weighted by Crippen LogP contribution is 2.38. The van der Waals surface area contributed by atoms with Gasteiger partial charge in [-0.1, -0.05) is 0 Å². The van der Waals surface area contributed by atoms with E-state index in [0.29, 0.717) is 36.8 Å². The maximum absolute atomic E-state index is 11.9. The molecule has 0 spiro atoms.